The first kappa shape index (κ1) is 11.6. The van der Waals surface area contributed by atoms with Gasteiger partial charge in [-0.25, -0.2) is 0 Å². The second-order valence-electron chi connectivity index (χ2n) is 4.63. The standard InChI is InChI=1S/C13H23N/c1-3-4-9-14-10-8-13-7-5-6-12(2)11-13/h1,12-14H,4-11H2,2H3. The van der Waals surface area contributed by atoms with E-state index in [2.05, 4.69) is 18.2 Å². The van der Waals surface area contributed by atoms with E-state index in [1.165, 1.54) is 32.1 Å². The molecule has 2 unspecified atom stereocenters. The van der Waals surface area contributed by atoms with E-state index >= 15 is 0 Å². The quantitative estimate of drug-likeness (QED) is 0.523. The fraction of sp³-hybridized carbons (Fsp3) is 0.846. The van der Waals surface area contributed by atoms with Crippen LogP contribution in [-0.4, -0.2) is 13.1 Å². The van der Waals surface area contributed by atoms with Crippen molar-refractivity contribution < 1.29 is 0 Å². The number of hydrogen-bond acceptors (Lipinski definition) is 1. The third kappa shape index (κ3) is 4.67. The Kier molecular flexibility index (Phi) is 5.71. The number of hydrogen-bond donors (Lipinski definition) is 1. The van der Waals surface area contributed by atoms with Crippen LogP contribution < -0.4 is 5.32 Å². The first-order valence-electron chi connectivity index (χ1n) is 5.97. The summed E-state index contributed by atoms with van der Waals surface area (Å²) in [6.07, 6.45) is 13.2. The second-order valence-corrected chi connectivity index (χ2v) is 4.63. The monoisotopic (exact) mass is 193 g/mol. The largest absolute Gasteiger partial charge is 0.316 e. The molecule has 1 nitrogen and oxygen atoms in total. The average Bonchev–Trinajstić information content (AvgIpc) is 2.18. The van der Waals surface area contributed by atoms with Crippen LogP contribution in [0.2, 0.25) is 0 Å². The van der Waals surface area contributed by atoms with E-state index in [1.54, 1.807) is 0 Å². The van der Waals surface area contributed by atoms with Crippen molar-refractivity contribution in [2.45, 2.75) is 45.4 Å². The van der Waals surface area contributed by atoms with Crippen molar-refractivity contribution in [3.8, 4) is 12.3 Å². The molecule has 0 heterocycles. The topological polar surface area (TPSA) is 12.0 Å². The summed E-state index contributed by atoms with van der Waals surface area (Å²) >= 11 is 0. The molecule has 0 saturated heterocycles. The molecule has 1 heteroatoms. The Hall–Kier alpha value is -0.480. The molecular formula is C13H23N. The molecule has 0 aromatic rings. The Balaban J connectivity index is 1.98. The Morgan fingerprint density at radius 3 is 2.93 bits per heavy atom. The van der Waals surface area contributed by atoms with Crippen LogP contribution in [0.4, 0.5) is 0 Å². The molecule has 2 atom stereocenters. The molecule has 1 fully saturated rings. The van der Waals surface area contributed by atoms with Crippen molar-refractivity contribution in [2.24, 2.45) is 11.8 Å². The minimum absolute atomic E-state index is 0.862. The molecule has 0 aromatic heterocycles. The highest BCUT2D eigenvalue weighted by Gasteiger charge is 2.17. The molecule has 0 radical (unpaired) electrons. The number of nitrogens with one attached hydrogen (secondary N) is 1. The Bertz CT molecular complexity index is 180. The summed E-state index contributed by atoms with van der Waals surface area (Å²) in [5.74, 6) is 4.58. The molecule has 0 amide bonds. The van der Waals surface area contributed by atoms with Crippen LogP contribution in [-0.2, 0) is 0 Å². The van der Waals surface area contributed by atoms with E-state index in [-0.39, 0.29) is 0 Å². The van der Waals surface area contributed by atoms with E-state index in [9.17, 15) is 0 Å². The van der Waals surface area contributed by atoms with Crippen molar-refractivity contribution in [3.05, 3.63) is 0 Å². The Morgan fingerprint density at radius 1 is 1.36 bits per heavy atom. The average molecular weight is 193 g/mol. The second kappa shape index (κ2) is 6.90. The predicted octanol–water partition coefficient (Wildman–Crippen LogP) is 2.82. The van der Waals surface area contributed by atoms with Crippen molar-refractivity contribution >= 4 is 0 Å². The molecule has 14 heavy (non-hydrogen) atoms. The zero-order chi connectivity index (χ0) is 10.2. The first-order chi connectivity index (χ1) is 6.83. The zero-order valence-electron chi connectivity index (χ0n) is 9.39. The summed E-state index contributed by atoms with van der Waals surface area (Å²) in [6.45, 7) is 4.52. The molecule has 0 aromatic carbocycles. The molecule has 1 aliphatic rings. The van der Waals surface area contributed by atoms with Gasteiger partial charge in [-0.05, 0) is 31.2 Å². The van der Waals surface area contributed by atoms with E-state index < -0.39 is 0 Å². The van der Waals surface area contributed by atoms with Gasteiger partial charge >= 0.3 is 0 Å². The Labute approximate surface area is 88.7 Å². The molecule has 1 rings (SSSR count). The SMILES string of the molecule is C#CCCNCCC1CCCC(C)C1. The summed E-state index contributed by atoms with van der Waals surface area (Å²) in [4.78, 5) is 0. The predicted molar refractivity (Wildman–Crippen MR) is 62.1 cm³/mol. The van der Waals surface area contributed by atoms with Gasteiger partial charge in [0.2, 0.25) is 0 Å². The highest BCUT2D eigenvalue weighted by atomic mass is 14.8. The van der Waals surface area contributed by atoms with Gasteiger partial charge in [-0.3, -0.25) is 0 Å². The summed E-state index contributed by atoms with van der Waals surface area (Å²) in [5, 5.41) is 3.41. The van der Waals surface area contributed by atoms with E-state index in [0.717, 1.165) is 31.3 Å². The minimum Gasteiger partial charge on any atom is -0.316 e. The maximum absolute atomic E-state index is 5.18. The van der Waals surface area contributed by atoms with Gasteiger partial charge in [-0.2, -0.15) is 0 Å². The minimum atomic E-state index is 0.862. The first-order valence-corrected chi connectivity index (χ1v) is 5.97. The van der Waals surface area contributed by atoms with E-state index in [4.69, 9.17) is 6.42 Å². The van der Waals surface area contributed by atoms with E-state index in [0.29, 0.717) is 0 Å². The van der Waals surface area contributed by atoms with Crippen LogP contribution in [0.1, 0.15) is 45.4 Å². The molecule has 0 bridgehead atoms. The van der Waals surface area contributed by atoms with Crippen molar-refractivity contribution in [2.75, 3.05) is 13.1 Å². The van der Waals surface area contributed by atoms with Gasteiger partial charge in [0, 0.05) is 13.0 Å². The third-order valence-electron chi connectivity index (χ3n) is 3.22. The fourth-order valence-electron chi connectivity index (χ4n) is 2.41. The summed E-state index contributed by atoms with van der Waals surface area (Å²) < 4.78 is 0. The molecule has 1 saturated carbocycles. The number of terminal acetylenes is 1. The van der Waals surface area contributed by atoms with Crippen LogP contribution in [0.5, 0.6) is 0 Å². The van der Waals surface area contributed by atoms with Gasteiger partial charge in [-0.15, -0.1) is 12.3 Å². The summed E-state index contributed by atoms with van der Waals surface area (Å²) in [5.41, 5.74) is 0. The van der Waals surface area contributed by atoms with Gasteiger partial charge in [0.15, 0.2) is 0 Å². The lowest BCUT2D eigenvalue weighted by Gasteiger charge is -2.26. The molecule has 0 aliphatic heterocycles. The Morgan fingerprint density at radius 2 is 2.21 bits per heavy atom. The van der Waals surface area contributed by atoms with E-state index in [1.807, 2.05) is 0 Å². The zero-order valence-corrected chi connectivity index (χ0v) is 9.39. The normalized spacial score (nSPS) is 27.1. The lowest BCUT2D eigenvalue weighted by molar-refractivity contribution is 0.268. The summed E-state index contributed by atoms with van der Waals surface area (Å²) in [7, 11) is 0. The summed E-state index contributed by atoms with van der Waals surface area (Å²) in [6, 6.07) is 0. The molecule has 1 N–H and O–H groups in total. The maximum atomic E-state index is 5.18. The van der Waals surface area contributed by atoms with Crippen molar-refractivity contribution in [3.63, 3.8) is 0 Å². The molecule has 1 aliphatic carbocycles. The van der Waals surface area contributed by atoms with Crippen LogP contribution in [0.15, 0.2) is 0 Å². The fourth-order valence-corrected chi connectivity index (χ4v) is 2.41. The maximum Gasteiger partial charge on any atom is 0.0211 e. The van der Waals surface area contributed by atoms with Crippen LogP contribution in [0.3, 0.4) is 0 Å². The molecular weight excluding hydrogens is 170 g/mol. The highest BCUT2D eigenvalue weighted by Crippen LogP contribution is 2.30. The van der Waals surface area contributed by atoms with Gasteiger partial charge in [0.25, 0.3) is 0 Å². The van der Waals surface area contributed by atoms with Crippen LogP contribution in [0.25, 0.3) is 0 Å². The third-order valence-corrected chi connectivity index (χ3v) is 3.22. The van der Waals surface area contributed by atoms with Gasteiger partial charge in [-0.1, -0.05) is 26.2 Å². The lowest BCUT2D eigenvalue weighted by atomic mass is 9.81. The van der Waals surface area contributed by atoms with Gasteiger partial charge < -0.3 is 5.32 Å². The van der Waals surface area contributed by atoms with Gasteiger partial charge in [0.1, 0.15) is 0 Å². The number of rotatable bonds is 5. The van der Waals surface area contributed by atoms with Gasteiger partial charge in [0.05, 0.1) is 0 Å². The van der Waals surface area contributed by atoms with Crippen molar-refractivity contribution in [1.82, 2.24) is 5.32 Å². The lowest BCUT2D eigenvalue weighted by Crippen LogP contribution is -2.21. The molecule has 80 valence electrons. The highest BCUT2D eigenvalue weighted by molar-refractivity contribution is 4.84. The van der Waals surface area contributed by atoms with Crippen LogP contribution >= 0.6 is 0 Å². The van der Waals surface area contributed by atoms with Crippen LogP contribution in [0, 0.1) is 24.2 Å². The molecule has 0 spiro atoms. The smallest absolute Gasteiger partial charge is 0.0211 e. The van der Waals surface area contributed by atoms with Crippen molar-refractivity contribution in [1.29, 1.82) is 0 Å².